The zero-order chi connectivity index (χ0) is 17.2. The molecule has 0 bridgehead atoms. The number of ether oxygens (including phenoxy) is 1. The zero-order valence-corrected chi connectivity index (χ0v) is 14.0. The van der Waals surface area contributed by atoms with Crippen molar-refractivity contribution in [3.8, 4) is 11.5 Å². The second kappa shape index (κ2) is 6.54. The maximum atomic E-state index is 10.9. The monoisotopic (exact) mass is 322 g/mol. The molecule has 0 aromatic heterocycles. The summed E-state index contributed by atoms with van der Waals surface area (Å²) < 4.78 is 5.23. The molecule has 0 heterocycles. The van der Waals surface area contributed by atoms with Gasteiger partial charge >= 0.3 is 0 Å². The second-order valence-electron chi connectivity index (χ2n) is 6.22. The van der Waals surface area contributed by atoms with Gasteiger partial charge in [-0.2, -0.15) is 0 Å². The maximum absolute atomic E-state index is 10.9. The van der Waals surface area contributed by atoms with Crippen LogP contribution in [0.15, 0.2) is 60.7 Å². The third-order valence-corrected chi connectivity index (χ3v) is 4.83. The van der Waals surface area contributed by atoms with E-state index in [2.05, 4.69) is 6.92 Å². The van der Waals surface area contributed by atoms with Crippen LogP contribution in [-0.2, 0) is 5.41 Å². The molecule has 3 aromatic rings. The highest BCUT2D eigenvalue weighted by Gasteiger charge is 2.31. The molecule has 2 N–H and O–H groups in total. The molecule has 24 heavy (non-hydrogen) atoms. The van der Waals surface area contributed by atoms with Crippen LogP contribution in [0, 0.1) is 0 Å². The number of rotatable bonds is 5. The summed E-state index contributed by atoms with van der Waals surface area (Å²) in [6.07, 6.45) is 0.519. The SMILES string of the molecule is COc1ccc(C(C)(CCO)c2ccc3ccccc3c2O)cc1. The number of aromatic hydroxyl groups is 1. The Labute approximate surface area is 142 Å². The van der Waals surface area contributed by atoms with E-state index in [1.807, 2.05) is 60.7 Å². The first-order valence-corrected chi connectivity index (χ1v) is 8.07. The zero-order valence-electron chi connectivity index (χ0n) is 14.0. The molecule has 0 saturated carbocycles. The predicted molar refractivity (Wildman–Crippen MR) is 96.8 cm³/mol. The summed E-state index contributed by atoms with van der Waals surface area (Å²) in [6, 6.07) is 19.5. The largest absolute Gasteiger partial charge is 0.507 e. The Bertz CT molecular complexity index is 839. The Morgan fingerprint density at radius 1 is 0.958 bits per heavy atom. The third kappa shape index (κ3) is 2.72. The minimum atomic E-state index is -0.491. The minimum Gasteiger partial charge on any atom is -0.507 e. The van der Waals surface area contributed by atoms with Crippen LogP contribution >= 0.6 is 0 Å². The van der Waals surface area contributed by atoms with Crippen molar-refractivity contribution in [1.29, 1.82) is 0 Å². The molecule has 3 nitrogen and oxygen atoms in total. The number of hydrogen-bond acceptors (Lipinski definition) is 3. The van der Waals surface area contributed by atoms with E-state index in [-0.39, 0.29) is 12.4 Å². The summed E-state index contributed by atoms with van der Waals surface area (Å²) >= 11 is 0. The Kier molecular flexibility index (Phi) is 4.45. The standard InChI is InChI=1S/C21H22O3/c1-21(13-14-22,16-8-10-17(24-2)11-9-16)19-12-7-15-5-3-4-6-18(15)20(19)23/h3-12,22-23H,13-14H2,1-2H3. The van der Waals surface area contributed by atoms with Crippen LogP contribution < -0.4 is 4.74 Å². The minimum absolute atomic E-state index is 0.0365. The highest BCUT2D eigenvalue weighted by Crippen LogP contribution is 2.43. The van der Waals surface area contributed by atoms with Gasteiger partial charge in [0.2, 0.25) is 0 Å². The smallest absolute Gasteiger partial charge is 0.127 e. The second-order valence-corrected chi connectivity index (χ2v) is 6.22. The van der Waals surface area contributed by atoms with E-state index >= 15 is 0 Å². The van der Waals surface area contributed by atoms with Crippen molar-refractivity contribution < 1.29 is 14.9 Å². The summed E-state index contributed by atoms with van der Waals surface area (Å²) in [5.74, 6) is 1.06. The van der Waals surface area contributed by atoms with Crippen LogP contribution in [0.2, 0.25) is 0 Å². The van der Waals surface area contributed by atoms with Gasteiger partial charge in [0, 0.05) is 23.0 Å². The molecule has 3 heteroatoms. The normalized spacial score (nSPS) is 13.6. The van der Waals surface area contributed by atoms with Gasteiger partial charge in [-0.15, -0.1) is 0 Å². The van der Waals surface area contributed by atoms with Crippen LogP contribution in [0.25, 0.3) is 10.8 Å². The van der Waals surface area contributed by atoms with Crippen molar-refractivity contribution in [3.05, 3.63) is 71.8 Å². The summed E-state index contributed by atoms with van der Waals surface area (Å²) in [4.78, 5) is 0. The third-order valence-electron chi connectivity index (χ3n) is 4.83. The van der Waals surface area contributed by atoms with Crippen molar-refractivity contribution >= 4 is 10.8 Å². The number of aliphatic hydroxyl groups excluding tert-OH is 1. The Hall–Kier alpha value is -2.52. The number of phenolic OH excluding ortho intramolecular Hbond substituents is 1. The molecule has 0 fully saturated rings. The van der Waals surface area contributed by atoms with Crippen molar-refractivity contribution in [3.63, 3.8) is 0 Å². The molecule has 0 aliphatic heterocycles. The summed E-state index contributed by atoms with van der Waals surface area (Å²) in [5.41, 5.74) is 1.36. The number of fused-ring (bicyclic) bond motifs is 1. The Morgan fingerprint density at radius 3 is 2.33 bits per heavy atom. The maximum Gasteiger partial charge on any atom is 0.127 e. The first kappa shape index (κ1) is 16.3. The molecule has 3 aromatic carbocycles. The van der Waals surface area contributed by atoms with E-state index in [4.69, 9.17) is 4.74 Å². The highest BCUT2D eigenvalue weighted by atomic mass is 16.5. The summed E-state index contributed by atoms with van der Waals surface area (Å²) in [5, 5.41) is 22.3. The van der Waals surface area contributed by atoms with Gasteiger partial charge < -0.3 is 14.9 Å². The first-order chi connectivity index (χ1) is 11.6. The van der Waals surface area contributed by atoms with Gasteiger partial charge in [-0.05, 0) is 29.5 Å². The van der Waals surface area contributed by atoms with Crippen molar-refractivity contribution in [2.75, 3.05) is 13.7 Å². The highest BCUT2D eigenvalue weighted by molar-refractivity contribution is 5.89. The number of hydrogen-bond donors (Lipinski definition) is 2. The molecule has 0 saturated heterocycles. The van der Waals surface area contributed by atoms with Gasteiger partial charge in [0.05, 0.1) is 7.11 Å². The quantitative estimate of drug-likeness (QED) is 0.738. The lowest BCUT2D eigenvalue weighted by Gasteiger charge is -2.31. The molecule has 0 radical (unpaired) electrons. The first-order valence-electron chi connectivity index (χ1n) is 8.07. The fourth-order valence-corrected chi connectivity index (χ4v) is 3.32. The predicted octanol–water partition coefficient (Wildman–Crippen LogP) is 4.24. The van der Waals surface area contributed by atoms with Gasteiger partial charge in [0.15, 0.2) is 0 Å². The van der Waals surface area contributed by atoms with Crippen molar-refractivity contribution in [1.82, 2.24) is 0 Å². The molecule has 3 rings (SSSR count). The topological polar surface area (TPSA) is 49.7 Å². The van der Waals surface area contributed by atoms with E-state index in [0.717, 1.165) is 27.6 Å². The van der Waals surface area contributed by atoms with E-state index in [1.54, 1.807) is 7.11 Å². The van der Waals surface area contributed by atoms with Gasteiger partial charge in [0.1, 0.15) is 11.5 Å². The van der Waals surface area contributed by atoms with Gasteiger partial charge in [-0.3, -0.25) is 0 Å². The lowest BCUT2D eigenvalue weighted by atomic mass is 9.73. The number of benzene rings is 3. The summed E-state index contributed by atoms with van der Waals surface area (Å²) in [7, 11) is 1.64. The van der Waals surface area contributed by atoms with Crippen LogP contribution in [0.3, 0.4) is 0 Å². The molecule has 1 unspecified atom stereocenters. The molecule has 124 valence electrons. The lowest BCUT2D eigenvalue weighted by molar-refractivity contribution is 0.257. The van der Waals surface area contributed by atoms with Crippen molar-refractivity contribution in [2.45, 2.75) is 18.8 Å². The van der Waals surface area contributed by atoms with Crippen LogP contribution in [0.4, 0.5) is 0 Å². The van der Waals surface area contributed by atoms with E-state index in [9.17, 15) is 10.2 Å². The molecule has 0 amide bonds. The molecule has 0 spiro atoms. The Morgan fingerprint density at radius 2 is 1.67 bits per heavy atom. The lowest BCUT2D eigenvalue weighted by Crippen LogP contribution is -2.25. The van der Waals surface area contributed by atoms with Crippen LogP contribution in [-0.4, -0.2) is 23.9 Å². The molecule has 0 aliphatic rings. The Balaban J connectivity index is 2.18. The van der Waals surface area contributed by atoms with Crippen LogP contribution in [0.1, 0.15) is 24.5 Å². The molecular formula is C21H22O3. The average molecular weight is 322 g/mol. The van der Waals surface area contributed by atoms with Gasteiger partial charge in [-0.25, -0.2) is 0 Å². The average Bonchev–Trinajstić information content (AvgIpc) is 2.62. The van der Waals surface area contributed by atoms with Crippen LogP contribution in [0.5, 0.6) is 11.5 Å². The van der Waals surface area contributed by atoms with E-state index in [1.165, 1.54) is 0 Å². The molecule has 1 atom stereocenters. The van der Waals surface area contributed by atoms with Gasteiger partial charge in [-0.1, -0.05) is 55.5 Å². The summed E-state index contributed by atoms with van der Waals surface area (Å²) in [6.45, 7) is 2.09. The molecular weight excluding hydrogens is 300 g/mol. The van der Waals surface area contributed by atoms with E-state index < -0.39 is 5.41 Å². The van der Waals surface area contributed by atoms with Gasteiger partial charge in [0.25, 0.3) is 0 Å². The van der Waals surface area contributed by atoms with Crippen molar-refractivity contribution in [2.24, 2.45) is 0 Å². The number of phenols is 1. The fraction of sp³-hybridized carbons (Fsp3) is 0.238. The number of methoxy groups -OCH3 is 1. The number of aliphatic hydroxyl groups is 1. The van der Waals surface area contributed by atoms with E-state index in [0.29, 0.717) is 6.42 Å². The molecule has 0 aliphatic carbocycles. The fourth-order valence-electron chi connectivity index (χ4n) is 3.32.